The van der Waals surface area contributed by atoms with Gasteiger partial charge in [-0.3, -0.25) is 19.8 Å². The number of aryl methyl sites for hydroxylation is 1. The average Bonchev–Trinajstić information content (AvgIpc) is 2.66. The number of thiocarbonyl (C=S) groups is 1. The van der Waals surface area contributed by atoms with Gasteiger partial charge in [0.15, 0.2) is 5.11 Å². The molecule has 0 atom stereocenters. The lowest BCUT2D eigenvalue weighted by molar-refractivity contribution is -0.122. The van der Waals surface area contributed by atoms with Crippen molar-refractivity contribution in [3.05, 3.63) is 63.6 Å². The molecule has 28 heavy (non-hydrogen) atoms. The number of ether oxygens (including phenoxy) is 1. The van der Waals surface area contributed by atoms with Crippen LogP contribution in [0.25, 0.3) is 6.08 Å². The van der Waals surface area contributed by atoms with Gasteiger partial charge in [-0.1, -0.05) is 39.5 Å². The molecule has 1 fully saturated rings. The summed E-state index contributed by atoms with van der Waals surface area (Å²) in [5, 5.41) is 2.60. The smallest absolute Gasteiger partial charge is 0.270 e. The molecule has 1 saturated heterocycles. The number of hydrogen-bond acceptors (Lipinski definition) is 4. The summed E-state index contributed by atoms with van der Waals surface area (Å²) in [5.41, 5.74) is 2.10. The minimum Gasteiger partial charge on any atom is -0.480 e. The van der Waals surface area contributed by atoms with Gasteiger partial charge in [0.1, 0.15) is 17.9 Å². The van der Waals surface area contributed by atoms with Crippen molar-refractivity contribution < 1.29 is 14.3 Å². The fraction of sp³-hybridized carbons (Fsp3) is 0.0952. The summed E-state index contributed by atoms with van der Waals surface area (Å²) in [5.74, 6) is 1.77. The Balaban J connectivity index is 2.03. The second-order valence-corrected chi connectivity index (χ2v) is 7.27. The molecule has 0 aliphatic carbocycles. The quantitative estimate of drug-likeness (QED) is 0.331. The number of rotatable bonds is 4. The van der Waals surface area contributed by atoms with Crippen molar-refractivity contribution >= 4 is 56.8 Å². The van der Waals surface area contributed by atoms with E-state index < -0.39 is 11.8 Å². The first kappa shape index (κ1) is 19.8. The van der Waals surface area contributed by atoms with Gasteiger partial charge in [0, 0.05) is 10.0 Å². The lowest BCUT2D eigenvalue weighted by Gasteiger charge is -2.29. The zero-order valence-electron chi connectivity index (χ0n) is 14.9. The van der Waals surface area contributed by atoms with Crippen LogP contribution < -0.4 is 15.0 Å². The molecule has 5 nitrogen and oxygen atoms in total. The van der Waals surface area contributed by atoms with Gasteiger partial charge in [0.2, 0.25) is 0 Å². The van der Waals surface area contributed by atoms with E-state index >= 15 is 0 Å². The SMILES string of the molecule is C#CCOc1ccc(Br)cc1/C=C1\C(=O)NC(=S)N(c2ccc(C)cc2)C1=O. The van der Waals surface area contributed by atoms with Crippen molar-refractivity contribution in [3.8, 4) is 18.1 Å². The molecule has 2 amide bonds. The molecule has 0 spiro atoms. The molecule has 140 valence electrons. The fourth-order valence-corrected chi connectivity index (χ4v) is 3.28. The maximum absolute atomic E-state index is 13.1. The maximum atomic E-state index is 13.1. The second-order valence-electron chi connectivity index (χ2n) is 5.97. The Morgan fingerprint density at radius 1 is 1.25 bits per heavy atom. The number of nitrogens with zero attached hydrogens (tertiary/aromatic N) is 1. The number of carbonyl (C=O) groups excluding carboxylic acids is 2. The van der Waals surface area contributed by atoms with Crippen LogP contribution in [-0.4, -0.2) is 23.5 Å². The van der Waals surface area contributed by atoms with Crippen molar-refractivity contribution in [1.82, 2.24) is 5.32 Å². The number of amides is 2. The predicted molar refractivity (Wildman–Crippen MR) is 116 cm³/mol. The third-order valence-corrected chi connectivity index (χ3v) is 4.75. The third kappa shape index (κ3) is 4.14. The summed E-state index contributed by atoms with van der Waals surface area (Å²) in [7, 11) is 0. The highest BCUT2D eigenvalue weighted by atomic mass is 79.9. The normalized spacial score (nSPS) is 15.4. The summed E-state index contributed by atoms with van der Waals surface area (Å²) >= 11 is 8.59. The number of nitrogens with one attached hydrogen (secondary N) is 1. The maximum Gasteiger partial charge on any atom is 0.270 e. The number of halogens is 1. The summed E-state index contributed by atoms with van der Waals surface area (Å²) in [6, 6.07) is 12.5. The first-order chi connectivity index (χ1) is 13.4. The van der Waals surface area contributed by atoms with Gasteiger partial charge in [-0.15, -0.1) is 6.42 Å². The van der Waals surface area contributed by atoms with Gasteiger partial charge in [0.25, 0.3) is 11.8 Å². The molecule has 0 unspecified atom stereocenters. The highest BCUT2D eigenvalue weighted by Gasteiger charge is 2.34. The zero-order chi connectivity index (χ0) is 20.3. The van der Waals surface area contributed by atoms with Crippen molar-refractivity contribution in [3.63, 3.8) is 0 Å². The van der Waals surface area contributed by atoms with Crippen LogP contribution in [0, 0.1) is 19.3 Å². The summed E-state index contributed by atoms with van der Waals surface area (Å²) < 4.78 is 6.28. The van der Waals surface area contributed by atoms with E-state index in [-0.39, 0.29) is 17.3 Å². The third-order valence-electron chi connectivity index (χ3n) is 3.98. The Kier molecular flexibility index (Phi) is 5.93. The number of carbonyl (C=O) groups is 2. The minimum absolute atomic E-state index is 0.0362. The van der Waals surface area contributed by atoms with Crippen LogP contribution in [0.4, 0.5) is 5.69 Å². The van der Waals surface area contributed by atoms with E-state index in [4.69, 9.17) is 23.4 Å². The number of benzene rings is 2. The summed E-state index contributed by atoms with van der Waals surface area (Å²) in [6.45, 7) is 2.01. The topological polar surface area (TPSA) is 58.6 Å². The molecule has 3 rings (SSSR count). The van der Waals surface area contributed by atoms with Crippen LogP contribution in [0.15, 0.2) is 52.5 Å². The van der Waals surface area contributed by atoms with Crippen LogP contribution in [0.2, 0.25) is 0 Å². The molecule has 1 N–H and O–H groups in total. The first-order valence-electron chi connectivity index (χ1n) is 8.24. The van der Waals surface area contributed by atoms with E-state index in [1.165, 1.54) is 11.0 Å². The molecule has 1 heterocycles. The van der Waals surface area contributed by atoms with Crippen LogP contribution in [0.3, 0.4) is 0 Å². The summed E-state index contributed by atoms with van der Waals surface area (Å²) in [6.07, 6.45) is 6.72. The highest BCUT2D eigenvalue weighted by Crippen LogP contribution is 2.28. The lowest BCUT2D eigenvalue weighted by Crippen LogP contribution is -2.54. The van der Waals surface area contributed by atoms with E-state index in [0.717, 1.165) is 10.0 Å². The van der Waals surface area contributed by atoms with Crippen molar-refractivity contribution in [2.45, 2.75) is 6.92 Å². The van der Waals surface area contributed by atoms with Gasteiger partial charge in [-0.25, -0.2) is 0 Å². The highest BCUT2D eigenvalue weighted by molar-refractivity contribution is 9.10. The van der Waals surface area contributed by atoms with E-state index in [2.05, 4.69) is 27.2 Å². The minimum atomic E-state index is -0.568. The average molecular weight is 455 g/mol. The Morgan fingerprint density at radius 3 is 2.64 bits per heavy atom. The molecule has 1 aliphatic heterocycles. The fourth-order valence-electron chi connectivity index (χ4n) is 2.62. The number of anilines is 1. The molecule has 0 saturated carbocycles. The monoisotopic (exact) mass is 454 g/mol. The number of hydrogen-bond donors (Lipinski definition) is 1. The molecule has 0 aromatic heterocycles. The first-order valence-corrected chi connectivity index (χ1v) is 9.45. The van der Waals surface area contributed by atoms with E-state index in [1.54, 1.807) is 30.3 Å². The molecule has 7 heteroatoms. The summed E-state index contributed by atoms with van der Waals surface area (Å²) in [4.78, 5) is 26.8. The molecular formula is C21H15BrN2O3S. The van der Waals surface area contributed by atoms with Crippen LogP contribution >= 0.6 is 28.1 Å². The second kappa shape index (κ2) is 8.38. The molecule has 0 bridgehead atoms. The van der Waals surface area contributed by atoms with E-state index in [1.807, 2.05) is 19.1 Å². The van der Waals surface area contributed by atoms with E-state index in [9.17, 15) is 9.59 Å². The Hall–Kier alpha value is -2.95. The Labute approximate surface area is 176 Å². The molecule has 0 radical (unpaired) electrons. The van der Waals surface area contributed by atoms with Gasteiger partial charge in [0.05, 0.1) is 5.69 Å². The Bertz CT molecular complexity index is 1040. The number of terminal acetylenes is 1. The van der Waals surface area contributed by atoms with Crippen LogP contribution in [-0.2, 0) is 9.59 Å². The van der Waals surface area contributed by atoms with Crippen molar-refractivity contribution in [2.24, 2.45) is 0 Å². The molecule has 2 aromatic rings. The van der Waals surface area contributed by atoms with Crippen LogP contribution in [0.1, 0.15) is 11.1 Å². The Morgan fingerprint density at radius 2 is 1.96 bits per heavy atom. The largest absolute Gasteiger partial charge is 0.480 e. The predicted octanol–water partition coefficient (Wildman–Crippen LogP) is 3.60. The van der Waals surface area contributed by atoms with Gasteiger partial charge in [-0.2, -0.15) is 0 Å². The molecule has 2 aromatic carbocycles. The zero-order valence-corrected chi connectivity index (χ0v) is 17.3. The molecule has 1 aliphatic rings. The van der Waals surface area contributed by atoms with E-state index in [0.29, 0.717) is 17.0 Å². The van der Waals surface area contributed by atoms with Gasteiger partial charge < -0.3 is 4.74 Å². The van der Waals surface area contributed by atoms with Gasteiger partial charge in [-0.05, 0) is 55.5 Å². The lowest BCUT2D eigenvalue weighted by atomic mass is 10.1. The molecular weight excluding hydrogens is 440 g/mol. The standard InChI is InChI=1S/C21H15BrN2O3S/c1-3-10-27-18-9-6-15(22)11-14(18)12-17-19(25)23-21(28)24(20(17)26)16-7-4-13(2)5-8-16/h1,4-9,11-12H,10H2,2H3,(H,23,25,28)/b17-12+. The van der Waals surface area contributed by atoms with Crippen LogP contribution in [0.5, 0.6) is 5.75 Å². The van der Waals surface area contributed by atoms with Crippen molar-refractivity contribution in [1.29, 1.82) is 0 Å². The van der Waals surface area contributed by atoms with Gasteiger partial charge >= 0.3 is 0 Å². The van der Waals surface area contributed by atoms with Crippen molar-refractivity contribution in [2.75, 3.05) is 11.5 Å².